The molecule has 2 aromatic carbocycles. The number of aromatic carboxylic acids is 1. The van der Waals surface area contributed by atoms with E-state index in [4.69, 9.17) is 5.11 Å². The first-order chi connectivity index (χ1) is 9.47. The number of anilines is 2. The maximum Gasteiger partial charge on any atom is 0.335 e. The molecule has 0 amide bonds. The first kappa shape index (κ1) is 14.0. The van der Waals surface area contributed by atoms with Gasteiger partial charge in [-0.3, -0.25) is 10.1 Å². The summed E-state index contributed by atoms with van der Waals surface area (Å²) in [5.41, 5.74) is 0.764. The normalized spacial score (nSPS) is 10.1. The van der Waals surface area contributed by atoms with Crippen molar-refractivity contribution >= 4 is 39.0 Å². The number of carbonyl (C=O) groups is 1. The van der Waals surface area contributed by atoms with E-state index in [1.54, 1.807) is 24.3 Å². The van der Waals surface area contributed by atoms with Crippen LogP contribution < -0.4 is 5.32 Å². The zero-order valence-electron chi connectivity index (χ0n) is 10.0. The van der Waals surface area contributed by atoms with Gasteiger partial charge in [0.25, 0.3) is 5.69 Å². The Morgan fingerprint density at radius 3 is 2.65 bits per heavy atom. The van der Waals surface area contributed by atoms with Crippen LogP contribution in [0.5, 0.6) is 0 Å². The molecule has 0 atom stereocenters. The fourth-order valence-electron chi connectivity index (χ4n) is 1.65. The van der Waals surface area contributed by atoms with Crippen molar-refractivity contribution in [3.05, 3.63) is 62.6 Å². The van der Waals surface area contributed by atoms with Crippen LogP contribution >= 0.6 is 15.9 Å². The maximum absolute atomic E-state index is 11.0. The van der Waals surface area contributed by atoms with Gasteiger partial charge in [0.1, 0.15) is 5.69 Å². The first-order valence-corrected chi connectivity index (χ1v) is 6.31. The Bertz CT molecular complexity index is 688. The Morgan fingerprint density at radius 1 is 1.25 bits per heavy atom. The number of nitrogens with zero attached hydrogens (tertiary/aromatic N) is 1. The van der Waals surface area contributed by atoms with Crippen molar-refractivity contribution in [2.75, 3.05) is 5.32 Å². The Labute approximate surface area is 122 Å². The molecule has 0 unspecified atom stereocenters. The second-order valence-corrected chi connectivity index (χ2v) is 4.85. The third-order valence-electron chi connectivity index (χ3n) is 2.54. The monoisotopic (exact) mass is 336 g/mol. The van der Waals surface area contributed by atoms with Crippen molar-refractivity contribution in [2.24, 2.45) is 0 Å². The fraction of sp³-hybridized carbons (Fsp3) is 0. The van der Waals surface area contributed by atoms with Gasteiger partial charge < -0.3 is 10.4 Å². The molecule has 0 saturated carbocycles. The van der Waals surface area contributed by atoms with Gasteiger partial charge in [0.2, 0.25) is 0 Å². The van der Waals surface area contributed by atoms with Gasteiger partial charge in [0.05, 0.1) is 10.5 Å². The smallest absolute Gasteiger partial charge is 0.335 e. The predicted octanol–water partition coefficient (Wildman–Crippen LogP) is 3.80. The second-order valence-electron chi connectivity index (χ2n) is 3.93. The number of carboxylic acid groups (broad SMARTS) is 1. The van der Waals surface area contributed by atoms with Crippen LogP contribution in [0, 0.1) is 10.1 Å². The van der Waals surface area contributed by atoms with Crippen LogP contribution in [0.15, 0.2) is 46.9 Å². The van der Waals surface area contributed by atoms with Gasteiger partial charge in [-0.1, -0.05) is 22.0 Å². The average molecular weight is 337 g/mol. The van der Waals surface area contributed by atoms with E-state index < -0.39 is 10.9 Å². The summed E-state index contributed by atoms with van der Waals surface area (Å²) >= 11 is 3.24. The molecule has 0 saturated heterocycles. The lowest BCUT2D eigenvalue weighted by atomic mass is 10.2. The summed E-state index contributed by atoms with van der Waals surface area (Å²) in [6.07, 6.45) is 0. The second kappa shape index (κ2) is 5.70. The molecule has 20 heavy (non-hydrogen) atoms. The summed E-state index contributed by atoms with van der Waals surface area (Å²) in [6.45, 7) is 0. The van der Waals surface area contributed by atoms with Gasteiger partial charge >= 0.3 is 5.97 Å². The summed E-state index contributed by atoms with van der Waals surface area (Å²) in [5, 5.41) is 22.7. The third kappa shape index (κ3) is 3.12. The van der Waals surface area contributed by atoms with Gasteiger partial charge in [-0.25, -0.2) is 4.79 Å². The van der Waals surface area contributed by atoms with Crippen LogP contribution in [0.1, 0.15) is 10.4 Å². The molecule has 0 aliphatic heterocycles. The average Bonchev–Trinajstić information content (AvgIpc) is 2.38. The molecule has 0 bridgehead atoms. The number of hydrogen-bond acceptors (Lipinski definition) is 4. The van der Waals surface area contributed by atoms with E-state index in [0.717, 1.165) is 0 Å². The number of carboxylic acids is 1. The lowest BCUT2D eigenvalue weighted by Gasteiger charge is -2.08. The fourth-order valence-corrected chi connectivity index (χ4v) is 2.01. The minimum Gasteiger partial charge on any atom is -0.478 e. The molecule has 2 N–H and O–H groups in total. The number of nitrogens with one attached hydrogen (secondary N) is 1. The van der Waals surface area contributed by atoms with Crippen LogP contribution in [-0.2, 0) is 0 Å². The van der Waals surface area contributed by atoms with Gasteiger partial charge in [-0.2, -0.15) is 0 Å². The van der Waals surface area contributed by atoms with Crippen LogP contribution in [0.2, 0.25) is 0 Å². The van der Waals surface area contributed by atoms with Crippen molar-refractivity contribution in [3.63, 3.8) is 0 Å². The molecule has 0 aromatic heterocycles. The number of rotatable bonds is 4. The van der Waals surface area contributed by atoms with Crippen molar-refractivity contribution in [3.8, 4) is 0 Å². The van der Waals surface area contributed by atoms with Crippen LogP contribution in [0.25, 0.3) is 0 Å². The van der Waals surface area contributed by atoms with Crippen LogP contribution in [0.4, 0.5) is 17.1 Å². The largest absolute Gasteiger partial charge is 0.478 e. The number of benzene rings is 2. The predicted molar refractivity (Wildman–Crippen MR) is 77.5 cm³/mol. The lowest BCUT2D eigenvalue weighted by molar-refractivity contribution is -0.383. The Kier molecular flexibility index (Phi) is 3.99. The minimum atomic E-state index is -1.06. The van der Waals surface area contributed by atoms with Crippen molar-refractivity contribution < 1.29 is 14.8 Å². The Hall–Kier alpha value is -2.41. The van der Waals surface area contributed by atoms with Crippen molar-refractivity contribution in [1.82, 2.24) is 0 Å². The zero-order valence-corrected chi connectivity index (χ0v) is 11.6. The van der Waals surface area contributed by atoms with Crippen LogP contribution in [0.3, 0.4) is 0 Å². The molecular weight excluding hydrogens is 328 g/mol. The highest BCUT2D eigenvalue weighted by molar-refractivity contribution is 9.10. The molecule has 7 heteroatoms. The van der Waals surface area contributed by atoms with Gasteiger partial charge in [-0.05, 0) is 30.3 Å². The summed E-state index contributed by atoms with van der Waals surface area (Å²) < 4.78 is 0.681. The highest BCUT2D eigenvalue weighted by Gasteiger charge is 2.14. The van der Waals surface area contributed by atoms with E-state index >= 15 is 0 Å². The molecule has 102 valence electrons. The first-order valence-electron chi connectivity index (χ1n) is 5.51. The number of nitro benzene ring substituents is 1. The van der Waals surface area contributed by atoms with Gasteiger partial charge in [0.15, 0.2) is 0 Å². The molecular formula is C13H9BrN2O4. The third-order valence-corrected chi connectivity index (χ3v) is 3.04. The lowest BCUT2D eigenvalue weighted by Crippen LogP contribution is -2.00. The molecule has 2 rings (SSSR count). The molecule has 0 fully saturated rings. The van der Waals surface area contributed by atoms with E-state index in [1.807, 2.05) is 0 Å². The molecule has 6 nitrogen and oxygen atoms in total. The standard InChI is InChI=1S/C13H9BrN2O4/c14-9-4-5-12(16(19)20)11(7-9)15-10-3-1-2-8(6-10)13(17)18/h1-7,15H,(H,17,18). The van der Waals surface area contributed by atoms with E-state index in [0.29, 0.717) is 10.2 Å². The van der Waals surface area contributed by atoms with Gasteiger partial charge in [0, 0.05) is 16.2 Å². The molecule has 0 radical (unpaired) electrons. The number of nitro groups is 1. The Morgan fingerprint density at radius 2 is 2.00 bits per heavy atom. The summed E-state index contributed by atoms with van der Waals surface area (Å²) in [5.74, 6) is -1.06. The molecule has 0 spiro atoms. The SMILES string of the molecule is O=C(O)c1cccc(Nc2cc(Br)ccc2[N+](=O)[O-])c1. The van der Waals surface area contributed by atoms with Crippen molar-refractivity contribution in [1.29, 1.82) is 0 Å². The van der Waals surface area contributed by atoms with Crippen LogP contribution in [-0.4, -0.2) is 16.0 Å². The molecule has 2 aromatic rings. The number of hydrogen-bond donors (Lipinski definition) is 2. The van der Waals surface area contributed by atoms with Crippen molar-refractivity contribution in [2.45, 2.75) is 0 Å². The van der Waals surface area contributed by atoms with E-state index in [9.17, 15) is 14.9 Å². The number of halogens is 1. The summed E-state index contributed by atoms with van der Waals surface area (Å²) in [6, 6.07) is 10.6. The molecule has 0 aliphatic carbocycles. The highest BCUT2D eigenvalue weighted by atomic mass is 79.9. The topological polar surface area (TPSA) is 92.5 Å². The summed E-state index contributed by atoms with van der Waals surface area (Å²) in [4.78, 5) is 21.3. The Balaban J connectivity index is 2.39. The van der Waals surface area contributed by atoms with Gasteiger partial charge in [-0.15, -0.1) is 0 Å². The zero-order chi connectivity index (χ0) is 14.7. The summed E-state index contributed by atoms with van der Waals surface area (Å²) in [7, 11) is 0. The molecule has 0 aliphatic rings. The molecule has 0 heterocycles. The van der Waals surface area contributed by atoms with E-state index in [1.165, 1.54) is 18.2 Å². The van der Waals surface area contributed by atoms with E-state index in [-0.39, 0.29) is 16.9 Å². The maximum atomic E-state index is 11.0. The highest BCUT2D eigenvalue weighted by Crippen LogP contribution is 2.30. The van der Waals surface area contributed by atoms with E-state index in [2.05, 4.69) is 21.2 Å². The quantitative estimate of drug-likeness (QED) is 0.654. The minimum absolute atomic E-state index is 0.0890.